The number of hydrogen-bond donors (Lipinski definition) is 1. The van der Waals surface area contributed by atoms with Crippen molar-refractivity contribution in [2.75, 3.05) is 49.7 Å². The standard InChI is InChI=1S/C23H28N4O5S/c1-5-32-23(29)16-6-11-19-20(22(28)25-21(19)14-16)15-24-17-7-9-18(10-8-17)27(33(4,30)31)13-12-26(2)3/h6-11,14-15,20H,5,12-13H2,1-4H3,(H,25,28). The fourth-order valence-electron chi connectivity index (χ4n) is 3.42. The van der Waals surface area contributed by atoms with Crippen LogP contribution in [0.2, 0.25) is 0 Å². The van der Waals surface area contributed by atoms with E-state index in [-0.39, 0.29) is 12.5 Å². The van der Waals surface area contributed by atoms with Gasteiger partial charge >= 0.3 is 5.97 Å². The number of esters is 1. The molecule has 2 aromatic rings. The van der Waals surface area contributed by atoms with E-state index in [2.05, 4.69) is 10.3 Å². The number of nitrogens with zero attached hydrogens (tertiary/aromatic N) is 3. The van der Waals surface area contributed by atoms with Gasteiger partial charge in [0, 0.05) is 25.0 Å². The quantitative estimate of drug-likeness (QED) is 0.444. The molecule has 1 heterocycles. The van der Waals surface area contributed by atoms with E-state index in [1.54, 1.807) is 55.6 Å². The highest BCUT2D eigenvalue weighted by Crippen LogP contribution is 2.33. The molecule has 10 heteroatoms. The van der Waals surface area contributed by atoms with E-state index in [0.29, 0.717) is 35.7 Å². The number of aliphatic imine (C=N–C) groups is 1. The first kappa shape index (κ1) is 24.4. The summed E-state index contributed by atoms with van der Waals surface area (Å²) in [4.78, 5) is 30.7. The van der Waals surface area contributed by atoms with Gasteiger partial charge in [-0.3, -0.25) is 14.1 Å². The first-order chi connectivity index (χ1) is 15.6. The van der Waals surface area contributed by atoms with Gasteiger partial charge in [0.2, 0.25) is 15.9 Å². The third-order valence-electron chi connectivity index (χ3n) is 5.10. The molecule has 1 atom stereocenters. The first-order valence-corrected chi connectivity index (χ1v) is 12.3. The van der Waals surface area contributed by atoms with Crippen LogP contribution < -0.4 is 9.62 Å². The summed E-state index contributed by atoms with van der Waals surface area (Å²) < 4.78 is 30.7. The molecule has 1 aliphatic heterocycles. The zero-order valence-corrected chi connectivity index (χ0v) is 19.9. The minimum atomic E-state index is -3.42. The number of benzene rings is 2. The van der Waals surface area contributed by atoms with Gasteiger partial charge in [0.25, 0.3) is 0 Å². The number of ether oxygens (including phenoxy) is 1. The SMILES string of the molecule is CCOC(=O)c1ccc2c(c1)NC(=O)C2C=Nc1ccc(N(CCN(C)C)S(C)(=O)=O)cc1. The number of likely N-dealkylation sites (N-methyl/N-ethyl adjacent to an activating group) is 1. The van der Waals surface area contributed by atoms with Gasteiger partial charge in [0.05, 0.1) is 29.8 Å². The van der Waals surface area contributed by atoms with Gasteiger partial charge in [-0.1, -0.05) is 6.07 Å². The van der Waals surface area contributed by atoms with Crippen molar-refractivity contribution in [1.82, 2.24) is 4.90 Å². The maximum Gasteiger partial charge on any atom is 0.338 e. The number of amides is 1. The molecule has 0 bridgehead atoms. The summed E-state index contributed by atoms with van der Waals surface area (Å²) in [6.07, 6.45) is 2.72. The summed E-state index contributed by atoms with van der Waals surface area (Å²) in [6.45, 7) is 2.92. The van der Waals surface area contributed by atoms with Crippen molar-refractivity contribution in [2.45, 2.75) is 12.8 Å². The van der Waals surface area contributed by atoms with E-state index in [1.165, 1.54) is 10.6 Å². The molecular formula is C23H28N4O5S. The number of sulfonamides is 1. The summed E-state index contributed by atoms with van der Waals surface area (Å²) in [5, 5.41) is 2.77. The lowest BCUT2D eigenvalue weighted by Gasteiger charge is -2.24. The second kappa shape index (κ2) is 10.1. The van der Waals surface area contributed by atoms with Gasteiger partial charge in [0.1, 0.15) is 5.92 Å². The van der Waals surface area contributed by atoms with E-state index >= 15 is 0 Å². The van der Waals surface area contributed by atoms with Crippen LogP contribution in [0.1, 0.15) is 28.8 Å². The topological polar surface area (TPSA) is 108 Å². The number of hydrogen-bond acceptors (Lipinski definition) is 7. The molecule has 176 valence electrons. The maximum absolute atomic E-state index is 12.4. The molecular weight excluding hydrogens is 444 g/mol. The molecule has 1 unspecified atom stereocenters. The largest absolute Gasteiger partial charge is 0.462 e. The third kappa shape index (κ3) is 5.96. The van der Waals surface area contributed by atoms with Crippen molar-refractivity contribution in [2.24, 2.45) is 4.99 Å². The van der Waals surface area contributed by atoms with E-state index in [9.17, 15) is 18.0 Å². The summed E-state index contributed by atoms with van der Waals surface area (Å²) in [6, 6.07) is 11.7. The molecule has 0 aromatic heterocycles. The Morgan fingerprint density at radius 3 is 2.45 bits per heavy atom. The van der Waals surface area contributed by atoms with Crippen LogP contribution in [-0.4, -0.2) is 71.5 Å². The minimum Gasteiger partial charge on any atom is -0.462 e. The Labute approximate surface area is 194 Å². The normalized spacial score (nSPS) is 15.5. The molecule has 1 aliphatic rings. The van der Waals surface area contributed by atoms with Crippen LogP contribution >= 0.6 is 0 Å². The maximum atomic E-state index is 12.4. The van der Waals surface area contributed by atoms with Crippen LogP contribution in [0.15, 0.2) is 47.5 Å². The number of carbonyl (C=O) groups is 2. The van der Waals surface area contributed by atoms with Gasteiger partial charge in [-0.2, -0.15) is 0 Å². The molecule has 2 aromatic carbocycles. The van der Waals surface area contributed by atoms with Crippen LogP contribution in [0.5, 0.6) is 0 Å². The lowest BCUT2D eigenvalue weighted by molar-refractivity contribution is -0.115. The molecule has 0 spiro atoms. The molecule has 1 N–H and O–H groups in total. The van der Waals surface area contributed by atoms with Gasteiger partial charge < -0.3 is 15.0 Å². The smallest absolute Gasteiger partial charge is 0.338 e. The van der Waals surface area contributed by atoms with E-state index < -0.39 is 21.9 Å². The highest BCUT2D eigenvalue weighted by molar-refractivity contribution is 7.92. The Kier molecular flexibility index (Phi) is 7.50. The highest BCUT2D eigenvalue weighted by Gasteiger charge is 2.30. The molecule has 1 amide bonds. The van der Waals surface area contributed by atoms with E-state index in [4.69, 9.17) is 4.74 Å². The summed E-state index contributed by atoms with van der Waals surface area (Å²) in [5.41, 5.74) is 2.79. The number of anilines is 2. The Morgan fingerprint density at radius 1 is 1.15 bits per heavy atom. The van der Waals surface area contributed by atoms with Crippen molar-refractivity contribution in [3.8, 4) is 0 Å². The number of nitrogens with one attached hydrogen (secondary N) is 1. The van der Waals surface area contributed by atoms with Crippen molar-refractivity contribution < 1.29 is 22.7 Å². The fourth-order valence-corrected chi connectivity index (χ4v) is 4.34. The molecule has 0 saturated carbocycles. The van der Waals surface area contributed by atoms with Gasteiger partial charge in [-0.05, 0) is 63.0 Å². The molecule has 0 radical (unpaired) electrons. The average molecular weight is 473 g/mol. The minimum absolute atomic E-state index is 0.238. The van der Waals surface area contributed by atoms with Gasteiger partial charge in [-0.25, -0.2) is 13.2 Å². The van der Waals surface area contributed by atoms with Crippen molar-refractivity contribution >= 4 is 45.2 Å². The van der Waals surface area contributed by atoms with E-state index in [1.807, 2.05) is 19.0 Å². The van der Waals surface area contributed by atoms with Crippen LogP contribution in [-0.2, 0) is 19.6 Å². The van der Waals surface area contributed by atoms with E-state index in [0.717, 1.165) is 5.56 Å². The van der Waals surface area contributed by atoms with Crippen LogP contribution in [0.4, 0.5) is 17.1 Å². The van der Waals surface area contributed by atoms with Crippen LogP contribution in [0.3, 0.4) is 0 Å². The fraction of sp³-hybridized carbons (Fsp3) is 0.348. The molecule has 3 rings (SSSR count). The lowest BCUT2D eigenvalue weighted by Crippen LogP contribution is -2.35. The predicted molar refractivity (Wildman–Crippen MR) is 129 cm³/mol. The molecule has 0 saturated heterocycles. The third-order valence-corrected chi connectivity index (χ3v) is 6.29. The molecule has 0 fully saturated rings. The highest BCUT2D eigenvalue weighted by atomic mass is 32.2. The molecule has 0 aliphatic carbocycles. The molecule has 33 heavy (non-hydrogen) atoms. The Hall–Kier alpha value is -3.24. The summed E-state index contributed by atoms with van der Waals surface area (Å²) in [7, 11) is 0.341. The van der Waals surface area contributed by atoms with Crippen LogP contribution in [0.25, 0.3) is 0 Å². The Morgan fingerprint density at radius 2 is 1.85 bits per heavy atom. The van der Waals surface area contributed by atoms with Gasteiger partial charge in [0.15, 0.2) is 0 Å². The second-order valence-electron chi connectivity index (χ2n) is 7.92. The summed E-state index contributed by atoms with van der Waals surface area (Å²) >= 11 is 0. The molecule has 9 nitrogen and oxygen atoms in total. The monoisotopic (exact) mass is 472 g/mol. The van der Waals surface area contributed by atoms with Gasteiger partial charge in [-0.15, -0.1) is 0 Å². The zero-order chi connectivity index (χ0) is 24.2. The predicted octanol–water partition coefficient (Wildman–Crippen LogP) is 2.63. The number of carbonyl (C=O) groups excluding carboxylic acids is 2. The number of fused-ring (bicyclic) bond motifs is 1. The van der Waals surface area contributed by atoms with Crippen molar-refractivity contribution in [3.63, 3.8) is 0 Å². The lowest BCUT2D eigenvalue weighted by atomic mass is 10.0. The Balaban J connectivity index is 1.77. The zero-order valence-electron chi connectivity index (χ0n) is 19.1. The summed E-state index contributed by atoms with van der Waals surface area (Å²) in [5.74, 6) is -1.28. The Bertz CT molecular complexity index is 1160. The second-order valence-corrected chi connectivity index (χ2v) is 9.83. The average Bonchev–Trinajstić information content (AvgIpc) is 3.06. The van der Waals surface area contributed by atoms with Crippen LogP contribution in [0, 0.1) is 0 Å². The van der Waals surface area contributed by atoms with Crippen molar-refractivity contribution in [3.05, 3.63) is 53.6 Å². The number of rotatable bonds is 9. The van der Waals surface area contributed by atoms with Crippen molar-refractivity contribution in [1.29, 1.82) is 0 Å². The first-order valence-electron chi connectivity index (χ1n) is 10.5.